The van der Waals surface area contributed by atoms with Gasteiger partial charge >= 0.3 is 350 Å². The molecule has 7 rings (SSSR count). The van der Waals surface area contributed by atoms with Crippen molar-refractivity contribution in [3.05, 3.63) is 136 Å². The van der Waals surface area contributed by atoms with Crippen molar-refractivity contribution < 1.29 is 11.2 Å². The van der Waals surface area contributed by atoms with Crippen molar-refractivity contribution in [3.63, 3.8) is 0 Å². The number of hydrogen-bond donors (Lipinski definition) is 0. The van der Waals surface area contributed by atoms with Crippen LogP contribution in [-0.4, -0.2) is 24.5 Å². The van der Waals surface area contributed by atoms with Crippen LogP contribution in [0.1, 0.15) is 135 Å². The third kappa shape index (κ3) is 6.23. The Morgan fingerprint density at radius 2 is 0.893 bits per heavy atom. The molecule has 2 unspecified atom stereocenters. The summed E-state index contributed by atoms with van der Waals surface area (Å²) in [7, 11) is 19.1. The van der Waals surface area contributed by atoms with Gasteiger partial charge in [0, 0.05) is 0 Å². The molecular weight excluding hydrogens is 813 g/mol. The van der Waals surface area contributed by atoms with E-state index in [-0.39, 0.29) is 31.2 Å². The van der Waals surface area contributed by atoms with Crippen molar-refractivity contribution in [2.24, 2.45) is 10.8 Å². The maximum atomic E-state index is 9.57. The van der Waals surface area contributed by atoms with E-state index in [1.165, 1.54) is 60.0 Å². The van der Waals surface area contributed by atoms with Gasteiger partial charge in [0.1, 0.15) is 0 Å². The molecule has 0 amide bonds. The molecule has 0 N–H and O–H groups in total. The Hall–Kier alpha value is -2.71. The van der Waals surface area contributed by atoms with Crippen LogP contribution < -0.4 is 9.80 Å². The summed E-state index contributed by atoms with van der Waals surface area (Å²) in [6, 6.07) is 33.8. The fraction of sp³-hybridized carbons (Fsp3) is 0.471. The SMILES string of the molecule is CCc1cccc(CC)c1N1[CH]([Ru]([Cl])([Cl])(=[C]2C=C(c3ccccc3)c3ccccc32)[CH]2N(c3c(CC)cccc3CC)C(C)(C)CC2(C)C)C(C)(C)CC1(C)C. The van der Waals surface area contributed by atoms with Crippen LogP contribution in [0.3, 0.4) is 0 Å². The topological polar surface area (TPSA) is 6.48 Å². The van der Waals surface area contributed by atoms with Gasteiger partial charge in [0.25, 0.3) is 0 Å². The molecule has 1 aliphatic carbocycles. The number of fused-ring (bicyclic) bond motifs is 1. The van der Waals surface area contributed by atoms with Gasteiger partial charge in [-0.1, -0.05) is 0 Å². The number of anilines is 2. The zero-order valence-corrected chi connectivity index (χ0v) is 39.4. The summed E-state index contributed by atoms with van der Waals surface area (Å²) in [5.41, 5.74) is 12.2. The van der Waals surface area contributed by atoms with E-state index in [0.717, 1.165) is 38.5 Å². The van der Waals surface area contributed by atoms with Crippen molar-refractivity contribution >= 4 is 40.4 Å². The van der Waals surface area contributed by atoms with Crippen LogP contribution in [0.2, 0.25) is 0 Å². The summed E-state index contributed by atoms with van der Waals surface area (Å²) in [4.78, 5) is 5.65. The number of aryl methyl sites for hydroxylation is 4. The standard InChI is InChI=1S/2C18H28N.C15H10.2ClH.Ru/c2*1-7-14-10-9-11-15(8-2)16(14)19-13-17(3,4)12-18(19,5)6;1-2-6-12(7-3-1)15-11-10-13-8-4-5-9-14(13)15;;;/h2*9-11,13H,7-8,12H2,1-6H3;1-9,11H;2*1H;/q;;;;;+2/p-2. The van der Waals surface area contributed by atoms with E-state index in [0.29, 0.717) is 0 Å². The second kappa shape index (κ2) is 14.2. The molecule has 0 aromatic heterocycles. The first kappa shape index (κ1) is 41.5. The monoisotopic (exact) mass is 878 g/mol. The Balaban J connectivity index is 1.74. The van der Waals surface area contributed by atoms with Crippen molar-refractivity contribution in [3.8, 4) is 0 Å². The predicted molar refractivity (Wildman–Crippen MR) is 244 cm³/mol. The number of para-hydroxylation sites is 2. The second-order valence-corrected chi connectivity index (χ2v) is 33.7. The van der Waals surface area contributed by atoms with E-state index in [1.807, 2.05) is 0 Å². The Morgan fingerprint density at radius 1 is 0.518 bits per heavy atom. The molecule has 2 nitrogen and oxygen atoms in total. The molecule has 0 saturated carbocycles. The number of allylic oxidation sites excluding steroid dienone is 1. The molecule has 302 valence electrons. The molecular formula is C51H66Cl2N2Ru. The Labute approximate surface area is 348 Å². The molecule has 0 spiro atoms. The maximum absolute atomic E-state index is 9.57. The Morgan fingerprint density at radius 3 is 1.29 bits per heavy atom. The number of hydrogen-bond acceptors (Lipinski definition) is 2. The molecule has 4 aromatic carbocycles. The number of halogens is 2. The minimum atomic E-state index is -5.26. The summed E-state index contributed by atoms with van der Waals surface area (Å²) in [6.07, 6.45) is 8.23. The van der Waals surface area contributed by atoms with Gasteiger partial charge in [-0.3, -0.25) is 0 Å². The third-order valence-electron chi connectivity index (χ3n) is 13.1. The normalized spacial score (nSPS) is 22.9. The van der Waals surface area contributed by atoms with Gasteiger partial charge in [0.15, 0.2) is 0 Å². The van der Waals surface area contributed by atoms with E-state index in [2.05, 4.69) is 190 Å². The molecule has 2 aliphatic heterocycles. The quantitative estimate of drug-likeness (QED) is 0.155. The van der Waals surface area contributed by atoms with Crippen LogP contribution in [0.5, 0.6) is 0 Å². The van der Waals surface area contributed by atoms with Crippen LogP contribution in [-0.2, 0) is 36.9 Å². The summed E-state index contributed by atoms with van der Waals surface area (Å²) in [5, 5.41) is 0. The molecule has 2 heterocycles. The van der Waals surface area contributed by atoms with E-state index in [9.17, 15) is 19.4 Å². The van der Waals surface area contributed by atoms with Gasteiger partial charge in [-0.2, -0.15) is 0 Å². The fourth-order valence-electron chi connectivity index (χ4n) is 11.7. The molecule has 3 aliphatic rings. The van der Waals surface area contributed by atoms with Crippen LogP contribution in [0.4, 0.5) is 11.4 Å². The first-order valence-corrected chi connectivity index (χ1v) is 28.4. The van der Waals surface area contributed by atoms with Crippen molar-refractivity contribution in [1.29, 1.82) is 0 Å². The number of rotatable bonds is 9. The first-order chi connectivity index (χ1) is 26.3. The zero-order chi connectivity index (χ0) is 40.7. The van der Waals surface area contributed by atoms with E-state index < -0.39 is 11.2 Å². The van der Waals surface area contributed by atoms with Crippen LogP contribution in [0.25, 0.3) is 5.57 Å². The molecule has 4 aromatic rings. The van der Waals surface area contributed by atoms with Crippen LogP contribution in [0, 0.1) is 10.8 Å². The summed E-state index contributed by atoms with van der Waals surface area (Å²) in [5.74, 6) is 0. The van der Waals surface area contributed by atoms with Crippen molar-refractivity contribution in [2.45, 2.75) is 142 Å². The molecule has 56 heavy (non-hydrogen) atoms. The molecule has 0 bridgehead atoms. The average Bonchev–Trinajstić information content (AvgIpc) is 3.72. The van der Waals surface area contributed by atoms with E-state index in [4.69, 9.17) is 0 Å². The zero-order valence-electron chi connectivity index (χ0n) is 36.1. The molecule has 0 radical (unpaired) electrons. The minimum absolute atomic E-state index is 0.148. The van der Waals surface area contributed by atoms with Crippen LogP contribution >= 0.6 is 19.4 Å². The first-order valence-electron chi connectivity index (χ1n) is 21.1. The van der Waals surface area contributed by atoms with Crippen LogP contribution in [0.15, 0.2) is 97.1 Å². The van der Waals surface area contributed by atoms with Crippen molar-refractivity contribution in [1.82, 2.24) is 0 Å². The number of nitrogens with zero attached hydrogens (tertiary/aromatic N) is 2. The molecule has 5 heteroatoms. The van der Waals surface area contributed by atoms with E-state index in [1.54, 1.807) is 0 Å². The van der Waals surface area contributed by atoms with Crippen molar-refractivity contribution in [2.75, 3.05) is 9.80 Å². The molecule has 2 saturated heterocycles. The Bertz CT molecular complexity index is 2110. The molecule has 2 atom stereocenters. The van der Waals surface area contributed by atoms with E-state index >= 15 is 0 Å². The summed E-state index contributed by atoms with van der Waals surface area (Å²) in [6.45, 7) is 29.0. The van der Waals surface area contributed by atoms with Gasteiger partial charge in [-0.25, -0.2) is 0 Å². The summed E-state index contributed by atoms with van der Waals surface area (Å²) >= 11 is -5.26. The number of benzene rings is 4. The summed E-state index contributed by atoms with van der Waals surface area (Å²) < 4.78 is 0.898. The average molecular weight is 879 g/mol. The van der Waals surface area contributed by atoms with Gasteiger partial charge in [-0.05, 0) is 0 Å². The third-order valence-corrected chi connectivity index (χ3v) is 27.8. The molecule has 2 fully saturated rings. The fourth-order valence-corrected chi connectivity index (χ4v) is 31.8. The second-order valence-electron chi connectivity index (χ2n) is 19.2. The van der Waals surface area contributed by atoms with Gasteiger partial charge in [-0.15, -0.1) is 0 Å². The van der Waals surface area contributed by atoms with Gasteiger partial charge in [0.2, 0.25) is 0 Å². The Kier molecular flexibility index (Phi) is 10.5. The van der Waals surface area contributed by atoms with Gasteiger partial charge in [0.05, 0.1) is 0 Å². The van der Waals surface area contributed by atoms with Gasteiger partial charge < -0.3 is 0 Å². The predicted octanol–water partition coefficient (Wildman–Crippen LogP) is 14.0.